The highest BCUT2D eigenvalue weighted by atomic mass is 35.5. The van der Waals surface area contributed by atoms with Gasteiger partial charge in [-0.2, -0.15) is 0 Å². The second-order valence-electron chi connectivity index (χ2n) is 9.66. The molecule has 0 aliphatic heterocycles. The average Bonchev–Trinajstić information content (AvgIpc) is 2.92. The molecule has 0 saturated heterocycles. The Hall–Kier alpha value is -3.90. The fraction of sp³-hybridized carbons (Fsp3) is 0.222. The molecule has 40 heavy (non-hydrogen) atoms. The van der Waals surface area contributed by atoms with Crippen LogP contribution in [0.2, 0.25) is 5.02 Å². The number of urea groups is 1. The molecule has 8 nitrogen and oxygen atoms in total. The van der Waals surface area contributed by atoms with E-state index in [4.69, 9.17) is 11.6 Å². The highest BCUT2D eigenvalue weighted by Gasteiger charge is 2.52. The van der Waals surface area contributed by atoms with Gasteiger partial charge in [0.2, 0.25) is 9.84 Å². The molecule has 3 N–H and O–H groups in total. The van der Waals surface area contributed by atoms with E-state index in [1.165, 1.54) is 18.3 Å². The predicted molar refractivity (Wildman–Crippen MR) is 142 cm³/mol. The number of carbonyl (C=O) groups is 2. The molecule has 2 bridgehead atoms. The number of nitrogens with zero attached hydrogens (tertiary/aromatic N) is 1. The molecule has 1 saturated carbocycles. The lowest BCUT2D eigenvalue weighted by Crippen LogP contribution is -2.61. The predicted octanol–water partition coefficient (Wildman–Crippen LogP) is 5.54. The molecule has 3 amide bonds. The van der Waals surface area contributed by atoms with E-state index >= 15 is 0 Å². The van der Waals surface area contributed by atoms with Crippen LogP contribution in [0.3, 0.4) is 0 Å². The smallest absolute Gasteiger partial charge is 0.319 e. The molecule has 2 unspecified atom stereocenters. The lowest BCUT2D eigenvalue weighted by molar-refractivity contribution is 0.0554. The number of aromatic nitrogens is 1. The van der Waals surface area contributed by atoms with E-state index < -0.39 is 39.2 Å². The van der Waals surface area contributed by atoms with Crippen molar-refractivity contribution in [2.45, 2.75) is 24.3 Å². The molecule has 0 spiro atoms. The molecule has 1 aromatic heterocycles. The molecule has 13 heteroatoms. The number of hydrogen-bond donors (Lipinski definition) is 3. The van der Waals surface area contributed by atoms with E-state index in [-0.39, 0.29) is 56.3 Å². The monoisotopic (exact) mass is 590 g/mol. The Labute approximate surface area is 232 Å². The van der Waals surface area contributed by atoms with E-state index in [0.29, 0.717) is 17.8 Å². The fourth-order valence-corrected chi connectivity index (χ4v) is 7.20. The van der Waals surface area contributed by atoms with Crippen LogP contribution in [0.25, 0.3) is 0 Å². The van der Waals surface area contributed by atoms with Crippen LogP contribution in [-0.2, 0) is 9.84 Å². The Balaban J connectivity index is 1.34. The van der Waals surface area contributed by atoms with Crippen molar-refractivity contribution in [3.8, 4) is 0 Å². The van der Waals surface area contributed by atoms with Crippen LogP contribution in [0.15, 0.2) is 70.7 Å². The van der Waals surface area contributed by atoms with Crippen LogP contribution in [0.5, 0.6) is 0 Å². The van der Waals surface area contributed by atoms with Crippen molar-refractivity contribution < 1.29 is 31.2 Å². The zero-order valence-electron chi connectivity index (χ0n) is 20.8. The number of anilines is 2. The molecular weight excluding hydrogens is 569 g/mol. The summed E-state index contributed by atoms with van der Waals surface area (Å²) in [7, 11) is -4.12. The maximum absolute atomic E-state index is 13.6. The minimum absolute atomic E-state index is 0.117. The first kappa shape index (κ1) is 27.7. The second kappa shape index (κ2) is 10.6. The van der Waals surface area contributed by atoms with E-state index in [9.17, 15) is 31.2 Å². The lowest BCUT2D eigenvalue weighted by atomic mass is 9.57. The third kappa shape index (κ3) is 5.16. The number of pyridine rings is 1. The first-order chi connectivity index (χ1) is 19.0. The molecule has 6 rings (SSSR count). The van der Waals surface area contributed by atoms with Crippen molar-refractivity contribution in [1.82, 2.24) is 10.3 Å². The van der Waals surface area contributed by atoms with E-state index in [0.717, 1.165) is 6.07 Å². The van der Waals surface area contributed by atoms with Gasteiger partial charge >= 0.3 is 6.03 Å². The maximum Gasteiger partial charge on any atom is 0.319 e. The summed E-state index contributed by atoms with van der Waals surface area (Å²) < 4.78 is 67.5. The van der Waals surface area contributed by atoms with Gasteiger partial charge in [0.15, 0.2) is 17.5 Å². The molecular formula is C27H22ClF3N4O4S. The third-order valence-electron chi connectivity index (χ3n) is 7.26. The van der Waals surface area contributed by atoms with Gasteiger partial charge in [-0.05, 0) is 48.6 Å². The van der Waals surface area contributed by atoms with Crippen LogP contribution in [0.4, 0.5) is 29.3 Å². The van der Waals surface area contributed by atoms with E-state index in [1.54, 1.807) is 24.4 Å². The Morgan fingerprint density at radius 1 is 1.02 bits per heavy atom. The standard InChI is InChI=1S/C27H22ClF3N4O4S/c1-13-18-10-17(11-19(13)25(18)35-27(37)34-15-3-2-6-32-12-15)40(38,39)23-7-14(4-5-20(23)28)26(36)33-16-8-21(29)24(31)22(30)9-16/h2-10,12-13,18-19,25H,11H2,1H3,(H,33,36)(H2,34,35,37)/t13-,18?,19?,25+/m1/s1. The molecule has 1 heterocycles. The molecule has 4 atom stereocenters. The number of halogens is 4. The van der Waals surface area contributed by atoms with Gasteiger partial charge < -0.3 is 16.0 Å². The van der Waals surface area contributed by atoms with E-state index in [1.807, 2.05) is 6.92 Å². The Morgan fingerprint density at radius 2 is 1.75 bits per heavy atom. The summed E-state index contributed by atoms with van der Waals surface area (Å²) in [5.74, 6) is -5.80. The number of carbonyl (C=O) groups excluding carboxylic acids is 2. The topological polar surface area (TPSA) is 117 Å². The number of sulfone groups is 1. The summed E-state index contributed by atoms with van der Waals surface area (Å²) in [5, 5.41) is 7.70. The van der Waals surface area contributed by atoms with Crippen molar-refractivity contribution in [3.05, 3.63) is 93.9 Å². The van der Waals surface area contributed by atoms with Crippen molar-refractivity contribution >= 4 is 44.8 Å². The number of hydrogen-bond acceptors (Lipinski definition) is 5. The first-order valence-corrected chi connectivity index (χ1v) is 14.0. The first-order valence-electron chi connectivity index (χ1n) is 12.1. The van der Waals surface area contributed by atoms with Gasteiger partial charge in [-0.15, -0.1) is 0 Å². The summed E-state index contributed by atoms with van der Waals surface area (Å²) >= 11 is 6.23. The van der Waals surface area contributed by atoms with Crippen molar-refractivity contribution in [1.29, 1.82) is 0 Å². The Morgan fingerprint density at radius 3 is 2.38 bits per heavy atom. The minimum Gasteiger partial charge on any atom is -0.334 e. The molecule has 3 aromatic rings. The Bertz CT molecular complexity index is 1630. The van der Waals surface area contributed by atoms with Crippen LogP contribution >= 0.6 is 11.6 Å². The van der Waals surface area contributed by atoms with Crippen molar-refractivity contribution in [3.63, 3.8) is 0 Å². The van der Waals surface area contributed by atoms with Gasteiger partial charge in [0.25, 0.3) is 5.91 Å². The fourth-order valence-electron chi connectivity index (χ4n) is 5.14. The van der Waals surface area contributed by atoms with Crippen molar-refractivity contribution in [2.75, 3.05) is 10.6 Å². The quantitative estimate of drug-likeness (QED) is 0.326. The summed E-state index contributed by atoms with van der Waals surface area (Å²) in [6.45, 7) is 1.98. The van der Waals surface area contributed by atoms with Crippen LogP contribution < -0.4 is 16.0 Å². The molecule has 0 radical (unpaired) electrons. The van der Waals surface area contributed by atoms with E-state index in [2.05, 4.69) is 20.9 Å². The normalized spacial score (nSPS) is 21.6. The SMILES string of the molecule is C[C@@H]1C2C=C(S(=O)(=O)c3cc(C(=O)Nc4cc(F)c(F)c(F)c4)ccc3Cl)CC1[C@H]2NC(=O)Nc1cccnc1. The molecule has 2 aromatic carbocycles. The highest BCUT2D eigenvalue weighted by Crippen LogP contribution is 2.51. The van der Waals surface area contributed by atoms with Crippen LogP contribution in [0, 0.1) is 35.2 Å². The summed E-state index contributed by atoms with van der Waals surface area (Å²) in [6, 6.07) is 7.44. The number of nitrogens with one attached hydrogen (secondary N) is 3. The average molecular weight is 591 g/mol. The van der Waals surface area contributed by atoms with Crippen molar-refractivity contribution in [2.24, 2.45) is 17.8 Å². The van der Waals surface area contributed by atoms with Gasteiger partial charge in [0.1, 0.15) is 0 Å². The number of allylic oxidation sites excluding steroid dienone is 1. The van der Waals surface area contributed by atoms with Gasteiger partial charge in [-0.3, -0.25) is 9.78 Å². The van der Waals surface area contributed by atoms with Crippen LogP contribution in [0.1, 0.15) is 23.7 Å². The lowest BCUT2D eigenvalue weighted by Gasteiger charge is -2.53. The summed E-state index contributed by atoms with van der Waals surface area (Å²) in [6.07, 6.45) is 4.85. The van der Waals surface area contributed by atoms with Gasteiger partial charge in [0.05, 0.1) is 21.8 Å². The largest absolute Gasteiger partial charge is 0.334 e. The minimum atomic E-state index is -4.12. The molecule has 208 valence electrons. The number of benzene rings is 2. The summed E-state index contributed by atoms with van der Waals surface area (Å²) in [4.78, 5) is 28.9. The molecule has 3 aliphatic rings. The third-order valence-corrected chi connectivity index (χ3v) is 9.61. The number of rotatable bonds is 6. The maximum atomic E-state index is 13.6. The summed E-state index contributed by atoms with van der Waals surface area (Å²) in [5.41, 5.74) is 0.0233. The molecule has 1 fully saturated rings. The molecule has 3 aliphatic carbocycles. The van der Waals surface area contributed by atoms with Gasteiger partial charge in [0, 0.05) is 46.4 Å². The van der Waals surface area contributed by atoms with Gasteiger partial charge in [-0.25, -0.2) is 26.4 Å². The number of fused-ring (bicyclic) bond motifs is 1. The second-order valence-corrected chi connectivity index (χ2v) is 12.0. The zero-order valence-corrected chi connectivity index (χ0v) is 22.4. The van der Waals surface area contributed by atoms with Gasteiger partial charge in [-0.1, -0.05) is 24.6 Å². The number of amides is 3. The Kier molecular flexibility index (Phi) is 7.32. The van der Waals surface area contributed by atoms with Crippen LogP contribution in [-0.4, -0.2) is 31.4 Å². The highest BCUT2D eigenvalue weighted by molar-refractivity contribution is 7.95. The zero-order chi connectivity index (χ0) is 28.8.